The second-order valence-corrected chi connectivity index (χ2v) is 6.04. The third-order valence-corrected chi connectivity index (χ3v) is 4.09. The van der Waals surface area contributed by atoms with Crippen LogP contribution in [-0.2, 0) is 17.8 Å². The molecule has 0 unspecified atom stereocenters. The monoisotopic (exact) mass is 364 g/mol. The molecule has 3 N–H and O–H groups in total. The molecule has 7 nitrogen and oxygen atoms in total. The maximum Gasteiger partial charge on any atom is 0.330 e. The number of benzene rings is 1. The normalized spacial score (nSPS) is 10.9. The van der Waals surface area contributed by atoms with Crippen LogP contribution in [0.1, 0.15) is 25.3 Å². The zero-order valence-electron chi connectivity index (χ0n) is 15.1. The van der Waals surface area contributed by atoms with Gasteiger partial charge in [-0.2, -0.15) is 0 Å². The van der Waals surface area contributed by atoms with Crippen LogP contribution in [0.2, 0.25) is 0 Å². The van der Waals surface area contributed by atoms with Crippen LogP contribution in [0.25, 0.3) is 0 Å². The molecule has 26 heavy (non-hydrogen) atoms. The van der Waals surface area contributed by atoms with E-state index in [0.717, 1.165) is 12.8 Å². The van der Waals surface area contributed by atoms with E-state index in [1.54, 1.807) is 24.1 Å². The molecule has 1 aromatic heterocycles. The number of anilines is 2. The summed E-state index contributed by atoms with van der Waals surface area (Å²) in [6.45, 7) is 3.40. The zero-order chi connectivity index (χ0) is 19.1. The SMILES string of the molecule is CCCCn1c(N)c(N(CCOC)Cc2cccc(F)c2)c(=O)[nH]c1=O. The Hall–Kier alpha value is -2.61. The van der Waals surface area contributed by atoms with Crippen LogP contribution >= 0.6 is 0 Å². The molecule has 0 atom stereocenters. The van der Waals surface area contributed by atoms with Gasteiger partial charge in [-0.05, 0) is 24.1 Å². The van der Waals surface area contributed by atoms with Crippen molar-refractivity contribution in [2.45, 2.75) is 32.9 Å². The van der Waals surface area contributed by atoms with E-state index in [2.05, 4.69) is 4.98 Å². The number of unbranched alkanes of at least 4 members (excludes halogenated alkanes) is 1. The van der Waals surface area contributed by atoms with Crippen molar-refractivity contribution in [3.63, 3.8) is 0 Å². The Balaban J connectivity index is 2.46. The second kappa shape index (κ2) is 9.19. The predicted molar refractivity (Wildman–Crippen MR) is 100.0 cm³/mol. The molecular weight excluding hydrogens is 339 g/mol. The van der Waals surface area contributed by atoms with Gasteiger partial charge >= 0.3 is 5.69 Å². The van der Waals surface area contributed by atoms with Gasteiger partial charge in [0.25, 0.3) is 5.56 Å². The summed E-state index contributed by atoms with van der Waals surface area (Å²) in [5.41, 5.74) is 5.96. The van der Waals surface area contributed by atoms with Gasteiger partial charge in [-0.15, -0.1) is 0 Å². The Morgan fingerprint density at radius 2 is 2.12 bits per heavy atom. The highest BCUT2D eigenvalue weighted by molar-refractivity contribution is 5.62. The Kier molecular flexibility index (Phi) is 6.97. The molecule has 2 aromatic rings. The lowest BCUT2D eigenvalue weighted by atomic mass is 10.2. The largest absolute Gasteiger partial charge is 0.383 e. The second-order valence-electron chi connectivity index (χ2n) is 6.04. The summed E-state index contributed by atoms with van der Waals surface area (Å²) in [6.07, 6.45) is 1.65. The van der Waals surface area contributed by atoms with Gasteiger partial charge in [-0.3, -0.25) is 14.3 Å². The Labute approximate surface area is 151 Å². The number of aromatic nitrogens is 2. The number of nitrogens with two attached hydrogens (primary N) is 1. The van der Waals surface area contributed by atoms with Crippen molar-refractivity contribution < 1.29 is 9.13 Å². The van der Waals surface area contributed by atoms with Gasteiger partial charge in [-0.1, -0.05) is 25.5 Å². The van der Waals surface area contributed by atoms with Crippen LogP contribution in [0, 0.1) is 5.82 Å². The van der Waals surface area contributed by atoms with Gasteiger partial charge in [0, 0.05) is 26.7 Å². The van der Waals surface area contributed by atoms with Gasteiger partial charge in [0.1, 0.15) is 17.3 Å². The minimum absolute atomic E-state index is 0.111. The number of ether oxygens (including phenoxy) is 1. The van der Waals surface area contributed by atoms with Gasteiger partial charge in [0.05, 0.1) is 6.61 Å². The number of aromatic amines is 1. The lowest BCUT2D eigenvalue weighted by Gasteiger charge is -2.26. The van der Waals surface area contributed by atoms with Gasteiger partial charge in [0.2, 0.25) is 0 Å². The highest BCUT2D eigenvalue weighted by Gasteiger charge is 2.19. The van der Waals surface area contributed by atoms with E-state index < -0.39 is 11.2 Å². The van der Waals surface area contributed by atoms with Crippen LogP contribution in [0.3, 0.4) is 0 Å². The minimum Gasteiger partial charge on any atom is -0.383 e. The van der Waals surface area contributed by atoms with Crippen LogP contribution in [0.4, 0.5) is 15.9 Å². The molecule has 0 amide bonds. The first-order valence-corrected chi connectivity index (χ1v) is 8.58. The molecule has 0 fully saturated rings. The summed E-state index contributed by atoms with van der Waals surface area (Å²) in [6, 6.07) is 6.13. The van der Waals surface area contributed by atoms with E-state index in [1.807, 2.05) is 6.92 Å². The molecule has 142 valence electrons. The maximum atomic E-state index is 13.5. The molecule has 0 aliphatic carbocycles. The van der Waals surface area contributed by atoms with Crippen LogP contribution < -0.4 is 21.9 Å². The van der Waals surface area contributed by atoms with Gasteiger partial charge in [0.15, 0.2) is 0 Å². The summed E-state index contributed by atoms with van der Waals surface area (Å²) in [4.78, 5) is 28.6. The topological polar surface area (TPSA) is 93.3 Å². The first kappa shape index (κ1) is 19.7. The fourth-order valence-corrected chi connectivity index (χ4v) is 2.75. The van der Waals surface area contributed by atoms with Crippen molar-refractivity contribution >= 4 is 11.5 Å². The van der Waals surface area contributed by atoms with E-state index in [1.165, 1.54) is 16.7 Å². The number of H-pyrrole nitrogens is 1. The Bertz CT molecular complexity index is 847. The van der Waals surface area contributed by atoms with Crippen molar-refractivity contribution in [2.75, 3.05) is 30.9 Å². The van der Waals surface area contributed by atoms with Gasteiger partial charge in [-0.25, -0.2) is 9.18 Å². The molecule has 2 rings (SSSR count). The highest BCUT2D eigenvalue weighted by Crippen LogP contribution is 2.20. The number of nitrogen functional groups attached to an aromatic ring is 1. The fraction of sp³-hybridized carbons (Fsp3) is 0.444. The molecule has 0 bridgehead atoms. The van der Waals surface area contributed by atoms with Crippen molar-refractivity contribution in [1.82, 2.24) is 9.55 Å². The van der Waals surface area contributed by atoms with E-state index in [9.17, 15) is 14.0 Å². The van der Waals surface area contributed by atoms with Crippen LogP contribution in [-0.4, -0.2) is 29.8 Å². The number of methoxy groups -OCH3 is 1. The molecule has 0 aliphatic heterocycles. The standard InChI is InChI=1S/C18H25FN4O3/c1-3-4-8-23-16(20)15(17(24)21-18(23)25)22(9-10-26-2)12-13-6-5-7-14(19)11-13/h5-7,11H,3-4,8-10,12,20H2,1-2H3,(H,21,24,25). The summed E-state index contributed by atoms with van der Waals surface area (Å²) in [7, 11) is 1.55. The predicted octanol–water partition coefficient (Wildman–Crippen LogP) is 1.71. The molecule has 0 spiro atoms. The molecule has 0 saturated carbocycles. The maximum absolute atomic E-state index is 13.5. The van der Waals surface area contributed by atoms with Crippen molar-refractivity contribution in [2.24, 2.45) is 0 Å². The molecule has 1 heterocycles. The molecule has 8 heteroatoms. The summed E-state index contributed by atoms with van der Waals surface area (Å²) >= 11 is 0. The minimum atomic E-state index is -0.562. The summed E-state index contributed by atoms with van der Waals surface area (Å²) < 4.78 is 20.0. The first-order valence-electron chi connectivity index (χ1n) is 8.58. The third kappa shape index (κ3) is 4.72. The van der Waals surface area contributed by atoms with Crippen LogP contribution in [0.5, 0.6) is 0 Å². The van der Waals surface area contributed by atoms with Gasteiger partial charge < -0.3 is 15.4 Å². The highest BCUT2D eigenvalue weighted by atomic mass is 19.1. The number of halogens is 1. The number of nitrogens with one attached hydrogen (secondary N) is 1. The quantitative estimate of drug-likeness (QED) is 0.707. The number of hydrogen-bond acceptors (Lipinski definition) is 5. The Morgan fingerprint density at radius 1 is 1.35 bits per heavy atom. The van der Waals surface area contributed by atoms with Crippen LogP contribution in [0.15, 0.2) is 33.9 Å². The average molecular weight is 364 g/mol. The zero-order valence-corrected chi connectivity index (χ0v) is 15.1. The summed E-state index contributed by atoms with van der Waals surface area (Å²) in [5, 5.41) is 0. The molecule has 0 radical (unpaired) electrons. The van der Waals surface area contributed by atoms with Crippen molar-refractivity contribution in [3.05, 3.63) is 56.5 Å². The van der Waals surface area contributed by atoms with Crippen molar-refractivity contribution in [3.8, 4) is 0 Å². The van der Waals surface area contributed by atoms with E-state index in [-0.39, 0.29) is 23.9 Å². The molecule has 0 aliphatic rings. The van der Waals surface area contributed by atoms with E-state index >= 15 is 0 Å². The Morgan fingerprint density at radius 3 is 2.77 bits per heavy atom. The van der Waals surface area contributed by atoms with E-state index in [4.69, 9.17) is 10.5 Å². The number of nitrogens with zero attached hydrogens (tertiary/aromatic N) is 2. The molecule has 0 saturated heterocycles. The summed E-state index contributed by atoms with van der Waals surface area (Å²) in [5.74, 6) is -0.247. The lowest BCUT2D eigenvalue weighted by Crippen LogP contribution is -2.39. The fourth-order valence-electron chi connectivity index (χ4n) is 2.75. The van der Waals surface area contributed by atoms with E-state index in [0.29, 0.717) is 25.3 Å². The lowest BCUT2D eigenvalue weighted by molar-refractivity contribution is 0.205. The number of hydrogen-bond donors (Lipinski definition) is 2. The third-order valence-electron chi connectivity index (χ3n) is 4.09. The first-order chi connectivity index (χ1) is 12.5. The van der Waals surface area contributed by atoms with Crippen molar-refractivity contribution in [1.29, 1.82) is 0 Å². The smallest absolute Gasteiger partial charge is 0.330 e. The average Bonchev–Trinajstić information content (AvgIpc) is 2.59. The molecule has 1 aromatic carbocycles. The molecular formula is C18H25FN4O3. The number of rotatable bonds is 9.